The van der Waals surface area contributed by atoms with Crippen molar-refractivity contribution in [3.05, 3.63) is 17.5 Å². The zero-order valence-corrected chi connectivity index (χ0v) is 9.16. The third kappa shape index (κ3) is 2.84. The fourth-order valence-electron chi connectivity index (χ4n) is 1.54. The topological polar surface area (TPSA) is 38.0 Å². The monoisotopic (exact) mass is 196 g/mol. The van der Waals surface area contributed by atoms with Gasteiger partial charge in [-0.1, -0.05) is 13.8 Å². The molecule has 0 aliphatic carbocycles. The Bertz CT molecular complexity index is 268. The van der Waals surface area contributed by atoms with Gasteiger partial charge in [-0.25, -0.2) is 0 Å². The number of hydrogen-bond acceptors (Lipinski definition) is 2. The molecule has 1 aromatic heterocycles. The van der Waals surface area contributed by atoms with Crippen LogP contribution in [0.25, 0.3) is 0 Å². The predicted octanol–water partition coefficient (Wildman–Crippen LogP) is 1.78. The first-order valence-electron chi connectivity index (χ1n) is 5.48. The van der Waals surface area contributed by atoms with E-state index >= 15 is 0 Å². The Kier molecular flexibility index (Phi) is 4.66. The van der Waals surface area contributed by atoms with E-state index in [0.29, 0.717) is 0 Å². The van der Waals surface area contributed by atoms with Gasteiger partial charge in [0.2, 0.25) is 0 Å². The number of unbranched alkanes of at least 4 members (excludes halogenated alkanes) is 1. The van der Waals surface area contributed by atoms with Crippen molar-refractivity contribution in [3.8, 4) is 0 Å². The van der Waals surface area contributed by atoms with Crippen molar-refractivity contribution in [1.29, 1.82) is 0 Å². The molecule has 0 aliphatic rings. The quantitative estimate of drug-likeness (QED) is 0.704. The lowest BCUT2D eigenvalue weighted by atomic mass is 10.2. The molecule has 0 saturated carbocycles. The van der Waals surface area contributed by atoms with Crippen molar-refractivity contribution in [1.82, 2.24) is 9.78 Å². The Morgan fingerprint density at radius 3 is 2.64 bits per heavy atom. The Balaban J connectivity index is 2.59. The molecule has 14 heavy (non-hydrogen) atoms. The van der Waals surface area contributed by atoms with Crippen molar-refractivity contribution in [2.24, 2.45) is 0 Å². The van der Waals surface area contributed by atoms with E-state index in [4.69, 9.17) is 5.11 Å². The summed E-state index contributed by atoms with van der Waals surface area (Å²) in [4.78, 5) is 0. The highest BCUT2D eigenvalue weighted by Crippen LogP contribution is 2.07. The van der Waals surface area contributed by atoms with Gasteiger partial charge in [-0.15, -0.1) is 0 Å². The maximum absolute atomic E-state index is 8.69. The molecule has 0 spiro atoms. The molecule has 0 radical (unpaired) electrons. The Morgan fingerprint density at radius 1 is 1.29 bits per heavy atom. The molecule has 1 N–H and O–H groups in total. The SMILES string of the molecule is CCc1cc(CC)n(CCCCO)n1. The lowest BCUT2D eigenvalue weighted by Gasteiger charge is -2.04. The van der Waals surface area contributed by atoms with Gasteiger partial charge < -0.3 is 5.11 Å². The Labute approximate surface area is 85.8 Å². The van der Waals surface area contributed by atoms with Crippen LogP contribution in [0, 0.1) is 0 Å². The van der Waals surface area contributed by atoms with Gasteiger partial charge in [0.25, 0.3) is 0 Å². The van der Waals surface area contributed by atoms with Crippen LogP contribution in [0.1, 0.15) is 38.1 Å². The van der Waals surface area contributed by atoms with Crippen LogP contribution in [-0.2, 0) is 19.4 Å². The average Bonchev–Trinajstić information content (AvgIpc) is 2.61. The summed E-state index contributed by atoms with van der Waals surface area (Å²) < 4.78 is 2.08. The lowest BCUT2D eigenvalue weighted by Crippen LogP contribution is -2.05. The Morgan fingerprint density at radius 2 is 2.07 bits per heavy atom. The second kappa shape index (κ2) is 5.81. The van der Waals surface area contributed by atoms with E-state index in [9.17, 15) is 0 Å². The van der Waals surface area contributed by atoms with Crippen molar-refractivity contribution < 1.29 is 5.11 Å². The van der Waals surface area contributed by atoms with Crippen molar-refractivity contribution in [2.45, 2.75) is 46.1 Å². The maximum Gasteiger partial charge on any atom is 0.0624 e. The second-order valence-electron chi connectivity index (χ2n) is 3.49. The molecule has 0 aromatic carbocycles. The largest absolute Gasteiger partial charge is 0.396 e. The lowest BCUT2D eigenvalue weighted by molar-refractivity contribution is 0.279. The average molecular weight is 196 g/mol. The van der Waals surface area contributed by atoms with Crippen molar-refractivity contribution in [3.63, 3.8) is 0 Å². The zero-order valence-electron chi connectivity index (χ0n) is 9.16. The van der Waals surface area contributed by atoms with Gasteiger partial charge in [0.15, 0.2) is 0 Å². The van der Waals surface area contributed by atoms with E-state index in [-0.39, 0.29) is 6.61 Å². The highest BCUT2D eigenvalue weighted by Gasteiger charge is 2.03. The van der Waals surface area contributed by atoms with Crippen LogP contribution in [0.4, 0.5) is 0 Å². The molecular formula is C11H20N2O. The molecule has 0 amide bonds. The third-order valence-corrected chi connectivity index (χ3v) is 2.42. The molecule has 0 atom stereocenters. The van der Waals surface area contributed by atoms with Crippen LogP contribution in [0.3, 0.4) is 0 Å². The fraction of sp³-hybridized carbons (Fsp3) is 0.727. The highest BCUT2D eigenvalue weighted by atomic mass is 16.2. The number of aliphatic hydroxyl groups is 1. The molecule has 80 valence electrons. The summed E-state index contributed by atoms with van der Waals surface area (Å²) in [6.45, 7) is 5.49. The van der Waals surface area contributed by atoms with Crippen LogP contribution in [-0.4, -0.2) is 21.5 Å². The van der Waals surface area contributed by atoms with Crippen molar-refractivity contribution in [2.75, 3.05) is 6.61 Å². The minimum absolute atomic E-state index is 0.281. The minimum Gasteiger partial charge on any atom is -0.396 e. The number of nitrogens with zero attached hydrogens (tertiary/aromatic N) is 2. The molecule has 0 fully saturated rings. The standard InChI is InChI=1S/C11H20N2O/c1-3-10-9-11(4-2)13(12-10)7-5-6-8-14/h9,14H,3-8H2,1-2H3. The van der Waals surface area contributed by atoms with Gasteiger partial charge in [0, 0.05) is 18.8 Å². The van der Waals surface area contributed by atoms with E-state index < -0.39 is 0 Å². The first-order chi connectivity index (χ1) is 6.81. The third-order valence-electron chi connectivity index (χ3n) is 2.42. The normalized spacial score (nSPS) is 10.8. The number of aryl methyl sites for hydroxylation is 3. The minimum atomic E-state index is 0.281. The highest BCUT2D eigenvalue weighted by molar-refractivity contribution is 5.10. The summed E-state index contributed by atoms with van der Waals surface area (Å²) in [5.74, 6) is 0. The molecule has 3 nitrogen and oxygen atoms in total. The molecule has 1 aromatic rings. The van der Waals surface area contributed by atoms with Gasteiger partial charge >= 0.3 is 0 Å². The van der Waals surface area contributed by atoms with Crippen LogP contribution in [0.2, 0.25) is 0 Å². The van der Waals surface area contributed by atoms with Gasteiger partial charge in [-0.05, 0) is 31.7 Å². The first kappa shape index (κ1) is 11.2. The molecule has 0 saturated heterocycles. The van der Waals surface area contributed by atoms with E-state index in [0.717, 1.165) is 32.2 Å². The molecule has 1 heterocycles. The number of aliphatic hydroxyl groups excluding tert-OH is 1. The van der Waals surface area contributed by atoms with E-state index in [1.54, 1.807) is 0 Å². The number of rotatable bonds is 6. The molecular weight excluding hydrogens is 176 g/mol. The Hall–Kier alpha value is -0.830. The summed E-state index contributed by atoms with van der Waals surface area (Å²) in [5.41, 5.74) is 2.48. The van der Waals surface area contributed by atoms with E-state index in [1.165, 1.54) is 11.4 Å². The summed E-state index contributed by atoms with van der Waals surface area (Å²) >= 11 is 0. The van der Waals surface area contributed by atoms with Gasteiger partial charge in [0.1, 0.15) is 0 Å². The molecule has 1 rings (SSSR count). The summed E-state index contributed by atoms with van der Waals surface area (Å²) in [7, 11) is 0. The summed E-state index contributed by atoms with van der Waals surface area (Å²) in [6.07, 6.45) is 3.91. The second-order valence-corrected chi connectivity index (χ2v) is 3.49. The molecule has 0 bridgehead atoms. The van der Waals surface area contributed by atoms with Gasteiger partial charge in [0.05, 0.1) is 5.69 Å². The van der Waals surface area contributed by atoms with Gasteiger partial charge in [-0.2, -0.15) is 5.10 Å². The van der Waals surface area contributed by atoms with E-state index in [2.05, 4.69) is 29.7 Å². The van der Waals surface area contributed by atoms with Crippen LogP contribution < -0.4 is 0 Å². The van der Waals surface area contributed by atoms with Gasteiger partial charge in [-0.3, -0.25) is 4.68 Å². The summed E-state index contributed by atoms with van der Waals surface area (Å²) in [5, 5.41) is 13.2. The number of hydrogen-bond donors (Lipinski definition) is 1. The summed E-state index contributed by atoms with van der Waals surface area (Å²) in [6, 6.07) is 2.18. The van der Waals surface area contributed by atoms with E-state index in [1.807, 2.05) is 0 Å². The fourth-order valence-corrected chi connectivity index (χ4v) is 1.54. The maximum atomic E-state index is 8.69. The zero-order chi connectivity index (χ0) is 10.4. The first-order valence-corrected chi connectivity index (χ1v) is 5.48. The van der Waals surface area contributed by atoms with Crippen molar-refractivity contribution >= 4 is 0 Å². The smallest absolute Gasteiger partial charge is 0.0624 e. The molecule has 3 heteroatoms. The van der Waals surface area contributed by atoms with Crippen LogP contribution in [0.5, 0.6) is 0 Å². The molecule has 0 unspecified atom stereocenters. The predicted molar refractivity (Wildman–Crippen MR) is 57.3 cm³/mol. The number of aromatic nitrogens is 2. The molecule has 0 aliphatic heterocycles. The van der Waals surface area contributed by atoms with Crippen LogP contribution >= 0.6 is 0 Å². The van der Waals surface area contributed by atoms with Crippen LogP contribution in [0.15, 0.2) is 6.07 Å².